The van der Waals surface area contributed by atoms with Crippen LogP contribution in [-0.4, -0.2) is 18.9 Å². The van der Waals surface area contributed by atoms with Crippen LogP contribution in [0, 0.1) is 11.8 Å². The quantitative estimate of drug-likeness (QED) is 0.788. The van der Waals surface area contributed by atoms with Crippen molar-refractivity contribution in [2.24, 2.45) is 5.16 Å². The first-order valence-electron chi connectivity index (χ1n) is 7.36. The number of oxime groups is 1. The van der Waals surface area contributed by atoms with E-state index in [0.717, 1.165) is 29.0 Å². The van der Waals surface area contributed by atoms with Gasteiger partial charge in [0.15, 0.2) is 0 Å². The molecule has 0 bridgehead atoms. The van der Waals surface area contributed by atoms with Gasteiger partial charge in [-0.3, -0.25) is 0 Å². The fourth-order valence-electron chi connectivity index (χ4n) is 2.32. The van der Waals surface area contributed by atoms with Gasteiger partial charge in [-0.05, 0) is 35.9 Å². The number of ether oxygens (including phenoxy) is 1. The highest BCUT2D eigenvalue weighted by molar-refractivity contribution is 6.30. The highest BCUT2D eigenvalue weighted by Crippen LogP contribution is 2.20. The minimum Gasteiger partial charge on any atom is -0.497 e. The van der Waals surface area contributed by atoms with Gasteiger partial charge < -0.3 is 9.57 Å². The largest absolute Gasteiger partial charge is 0.497 e. The normalized spacial score (nSPS) is 16.1. The molecule has 1 aliphatic rings. The molecule has 0 saturated heterocycles. The topological polar surface area (TPSA) is 30.8 Å². The number of methoxy groups -OCH3 is 1. The summed E-state index contributed by atoms with van der Waals surface area (Å²) in [5.41, 5.74) is 2.91. The third-order valence-electron chi connectivity index (χ3n) is 3.54. The molecule has 1 atom stereocenters. The van der Waals surface area contributed by atoms with Crippen LogP contribution < -0.4 is 4.74 Å². The van der Waals surface area contributed by atoms with E-state index < -0.39 is 0 Å². The molecule has 4 heteroatoms. The molecule has 0 amide bonds. The lowest BCUT2D eigenvalue weighted by molar-refractivity contribution is 0.0894. The Bertz CT molecular complexity index is 772. The summed E-state index contributed by atoms with van der Waals surface area (Å²) in [7, 11) is 1.65. The molecule has 1 aliphatic heterocycles. The first kappa shape index (κ1) is 15.5. The summed E-state index contributed by atoms with van der Waals surface area (Å²) in [6.45, 7) is 0. The van der Waals surface area contributed by atoms with Crippen LogP contribution in [0.25, 0.3) is 0 Å². The summed E-state index contributed by atoms with van der Waals surface area (Å²) in [6.07, 6.45) is 1.39. The molecule has 2 aromatic rings. The van der Waals surface area contributed by atoms with Crippen molar-refractivity contribution < 1.29 is 9.57 Å². The first-order chi connectivity index (χ1) is 11.2. The van der Waals surface area contributed by atoms with Crippen LogP contribution in [0.4, 0.5) is 0 Å². The van der Waals surface area contributed by atoms with Gasteiger partial charge in [0.05, 0.1) is 12.8 Å². The van der Waals surface area contributed by atoms with Crippen molar-refractivity contribution in [3.8, 4) is 17.6 Å². The smallest absolute Gasteiger partial charge is 0.144 e. The fraction of sp³-hybridized carbons (Fsp3) is 0.211. The Morgan fingerprint density at radius 2 is 2.09 bits per heavy atom. The zero-order chi connectivity index (χ0) is 16.1. The maximum Gasteiger partial charge on any atom is 0.144 e. The molecule has 3 rings (SSSR count). The van der Waals surface area contributed by atoms with E-state index in [-0.39, 0.29) is 6.10 Å². The lowest BCUT2D eigenvalue weighted by Gasteiger charge is -2.02. The number of halogens is 1. The van der Waals surface area contributed by atoms with E-state index in [1.165, 1.54) is 0 Å². The molecular weight excluding hydrogens is 310 g/mol. The second-order valence-electron chi connectivity index (χ2n) is 5.21. The summed E-state index contributed by atoms with van der Waals surface area (Å²) in [5, 5.41) is 4.87. The zero-order valence-corrected chi connectivity index (χ0v) is 13.5. The molecule has 0 radical (unpaired) electrons. The Balaban J connectivity index is 1.57. The predicted octanol–water partition coefficient (Wildman–Crippen LogP) is 4.28. The molecule has 0 fully saturated rings. The van der Waals surface area contributed by atoms with Gasteiger partial charge in [0, 0.05) is 23.4 Å². The van der Waals surface area contributed by atoms with Gasteiger partial charge in [0.2, 0.25) is 0 Å². The molecule has 3 nitrogen and oxygen atoms in total. The fourth-order valence-corrected chi connectivity index (χ4v) is 2.44. The lowest BCUT2D eigenvalue weighted by atomic mass is 10.0. The van der Waals surface area contributed by atoms with Gasteiger partial charge in [0.1, 0.15) is 11.9 Å². The average Bonchev–Trinajstić information content (AvgIpc) is 3.04. The summed E-state index contributed by atoms with van der Waals surface area (Å²) in [5.74, 6) is 7.09. The third kappa shape index (κ3) is 4.06. The van der Waals surface area contributed by atoms with E-state index in [9.17, 15) is 0 Å². The predicted molar refractivity (Wildman–Crippen MR) is 92.0 cm³/mol. The van der Waals surface area contributed by atoms with Gasteiger partial charge >= 0.3 is 0 Å². The van der Waals surface area contributed by atoms with Crippen LogP contribution in [-0.2, 0) is 4.84 Å². The van der Waals surface area contributed by atoms with E-state index in [1.807, 2.05) is 48.5 Å². The van der Waals surface area contributed by atoms with Crippen molar-refractivity contribution in [3.63, 3.8) is 0 Å². The van der Waals surface area contributed by atoms with Crippen molar-refractivity contribution in [3.05, 3.63) is 64.7 Å². The molecule has 1 unspecified atom stereocenters. The minimum absolute atomic E-state index is 0.00112. The molecule has 0 aliphatic carbocycles. The summed E-state index contributed by atoms with van der Waals surface area (Å²) >= 11 is 5.90. The van der Waals surface area contributed by atoms with Gasteiger partial charge in [-0.15, -0.1) is 0 Å². The molecule has 0 N–H and O–H groups in total. The number of hydrogen-bond donors (Lipinski definition) is 0. The van der Waals surface area contributed by atoms with Crippen molar-refractivity contribution in [2.75, 3.05) is 7.11 Å². The zero-order valence-electron chi connectivity index (χ0n) is 12.8. The Labute approximate surface area is 140 Å². The molecule has 0 saturated carbocycles. The Morgan fingerprint density at radius 1 is 1.26 bits per heavy atom. The standard InChI is InChI=1S/C19H16ClNO2/c1-22-17-6-2-4-14(12-17)5-3-7-18-13-19(21-23-18)15-8-10-16(20)11-9-15/h2,4,6,8-12,18H,7,13H2,1H3. The van der Waals surface area contributed by atoms with E-state index in [0.29, 0.717) is 11.4 Å². The van der Waals surface area contributed by atoms with Gasteiger partial charge in [-0.25, -0.2) is 0 Å². The van der Waals surface area contributed by atoms with E-state index in [4.69, 9.17) is 21.2 Å². The number of rotatable bonds is 3. The SMILES string of the molecule is COc1cccc(C#CCC2CC(c3ccc(Cl)cc3)=NO2)c1. The molecule has 0 aromatic heterocycles. The third-order valence-corrected chi connectivity index (χ3v) is 3.79. The van der Waals surface area contributed by atoms with Crippen molar-refractivity contribution >= 4 is 17.3 Å². The first-order valence-corrected chi connectivity index (χ1v) is 7.74. The van der Waals surface area contributed by atoms with Crippen LogP contribution in [0.2, 0.25) is 5.02 Å². The molecule has 116 valence electrons. The Kier molecular flexibility index (Phi) is 4.85. The van der Waals surface area contributed by atoms with Crippen LogP contribution in [0.15, 0.2) is 53.7 Å². The van der Waals surface area contributed by atoms with Gasteiger partial charge in [-0.2, -0.15) is 0 Å². The minimum atomic E-state index is -0.00112. The highest BCUT2D eigenvalue weighted by Gasteiger charge is 2.21. The Morgan fingerprint density at radius 3 is 2.87 bits per heavy atom. The van der Waals surface area contributed by atoms with E-state index >= 15 is 0 Å². The average molecular weight is 326 g/mol. The summed E-state index contributed by atoms with van der Waals surface area (Å²) in [6, 6.07) is 15.3. The molecule has 0 spiro atoms. The maximum atomic E-state index is 5.90. The molecule has 23 heavy (non-hydrogen) atoms. The summed E-state index contributed by atoms with van der Waals surface area (Å²) < 4.78 is 5.19. The number of nitrogens with zero attached hydrogens (tertiary/aromatic N) is 1. The second kappa shape index (κ2) is 7.21. The van der Waals surface area contributed by atoms with Crippen molar-refractivity contribution in [2.45, 2.75) is 18.9 Å². The van der Waals surface area contributed by atoms with Crippen molar-refractivity contribution in [1.29, 1.82) is 0 Å². The van der Waals surface area contributed by atoms with Crippen LogP contribution in [0.3, 0.4) is 0 Å². The summed E-state index contributed by atoms with van der Waals surface area (Å²) in [4.78, 5) is 5.46. The van der Waals surface area contributed by atoms with Crippen molar-refractivity contribution in [1.82, 2.24) is 0 Å². The number of benzene rings is 2. The van der Waals surface area contributed by atoms with Crippen LogP contribution >= 0.6 is 11.6 Å². The second-order valence-corrected chi connectivity index (χ2v) is 5.65. The van der Waals surface area contributed by atoms with E-state index in [2.05, 4.69) is 17.0 Å². The number of hydrogen-bond acceptors (Lipinski definition) is 3. The maximum absolute atomic E-state index is 5.90. The van der Waals surface area contributed by atoms with Gasteiger partial charge in [-0.1, -0.05) is 46.8 Å². The van der Waals surface area contributed by atoms with Crippen LogP contribution in [0.1, 0.15) is 24.0 Å². The highest BCUT2D eigenvalue weighted by atomic mass is 35.5. The van der Waals surface area contributed by atoms with E-state index in [1.54, 1.807) is 7.11 Å². The Hall–Kier alpha value is -2.44. The van der Waals surface area contributed by atoms with Crippen LogP contribution in [0.5, 0.6) is 5.75 Å². The molecule has 2 aromatic carbocycles. The van der Waals surface area contributed by atoms with Gasteiger partial charge in [0.25, 0.3) is 0 Å². The molecule has 1 heterocycles. The molecular formula is C19H16ClNO2. The lowest BCUT2D eigenvalue weighted by Crippen LogP contribution is -2.07. The monoisotopic (exact) mass is 325 g/mol.